The van der Waals surface area contributed by atoms with E-state index in [9.17, 15) is 4.39 Å². The van der Waals surface area contributed by atoms with Gasteiger partial charge in [-0.25, -0.2) is 4.39 Å². The average Bonchev–Trinajstić information content (AvgIpc) is 2.95. The number of hydrogen-bond donors (Lipinski definition) is 2. The molecule has 3 nitrogen and oxygen atoms in total. The zero-order chi connectivity index (χ0) is 16.2. The van der Waals surface area contributed by atoms with Crippen LogP contribution in [-0.2, 0) is 6.42 Å². The molecule has 0 fully saturated rings. The average molecular weight is 312 g/mol. The second-order valence-electron chi connectivity index (χ2n) is 5.62. The van der Waals surface area contributed by atoms with Gasteiger partial charge in [0.2, 0.25) is 0 Å². The van der Waals surface area contributed by atoms with Crippen LogP contribution in [0.1, 0.15) is 18.4 Å². The molecule has 0 spiro atoms. The summed E-state index contributed by atoms with van der Waals surface area (Å²) in [7, 11) is 1.64. The van der Waals surface area contributed by atoms with Crippen molar-refractivity contribution in [3.8, 4) is 17.0 Å². The van der Waals surface area contributed by atoms with Gasteiger partial charge in [0.15, 0.2) is 0 Å². The number of para-hydroxylation sites is 1. The van der Waals surface area contributed by atoms with E-state index < -0.39 is 0 Å². The molecule has 1 heterocycles. The van der Waals surface area contributed by atoms with Gasteiger partial charge in [0, 0.05) is 11.1 Å². The topological polar surface area (TPSA) is 51.0 Å². The molecule has 0 atom stereocenters. The highest BCUT2D eigenvalue weighted by Gasteiger charge is 2.15. The third kappa shape index (κ3) is 3.08. The molecule has 120 valence electrons. The number of aryl methyl sites for hydroxylation is 1. The molecule has 0 aliphatic carbocycles. The van der Waals surface area contributed by atoms with Gasteiger partial charge >= 0.3 is 0 Å². The standard InChI is InChI=1S/C19H21FN2O/c1-23-14-10-8-13(9-11-14)18-15(5-2-3-12-21)16-6-4-7-17(20)19(16)22-18/h4,6-11,22H,2-3,5,12,21H2,1H3. The molecule has 0 radical (unpaired) electrons. The number of fused-ring (bicyclic) bond motifs is 1. The van der Waals surface area contributed by atoms with Crippen LogP contribution in [0.2, 0.25) is 0 Å². The maximum absolute atomic E-state index is 14.1. The van der Waals surface area contributed by atoms with Crippen molar-refractivity contribution in [2.45, 2.75) is 19.3 Å². The number of unbranched alkanes of at least 4 members (excludes halogenated alkanes) is 1. The third-order valence-corrected chi connectivity index (χ3v) is 4.15. The largest absolute Gasteiger partial charge is 0.497 e. The number of nitrogens with two attached hydrogens (primary N) is 1. The Labute approximate surface area is 135 Å². The molecule has 0 saturated heterocycles. The monoisotopic (exact) mass is 312 g/mol. The summed E-state index contributed by atoms with van der Waals surface area (Å²) in [5.41, 5.74) is 9.33. The number of H-pyrrole nitrogens is 1. The molecule has 0 amide bonds. The number of ether oxygens (including phenoxy) is 1. The SMILES string of the molecule is COc1ccc(-c2[nH]c3c(F)cccc3c2CCCCN)cc1. The zero-order valence-electron chi connectivity index (χ0n) is 13.2. The summed E-state index contributed by atoms with van der Waals surface area (Å²) in [4.78, 5) is 3.27. The minimum Gasteiger partial charge on any atom is -0.497 e. The number of aromatic amines is 1. The molecular formula is C19H21FN2O. The third-order valence-electron chi connectivity index (χ3n) is 4.15. The summed E-state index contributed by atoms with van der Waals surface area (Å²) in [6.45, 7) is 0.675. The molecule has 0 bridgehead atoms. The number of methoxy groups -OCH3 is 1. The predicted octanol–water partition coefficient (Wildman–Crippen LogP) is 4.26. The minimum atomic E-state index is -0.220. The van der Waals surface area contributed by atoms with Crippen LogP contribution >= 0.6 is 0 Å². The number of aromatic nitrogens is 1. The highest BCUT2D eigenvalue weighted by Crippen LogP contribution is 2.33. The van der Waals surface area contributed by atoms with Gasteiger partial charge in [-0.05, 0) is 67.3 Å². The number of nitrogens with one attached hydrogen (secondary N) is 1. The first-order valence-electron chi connectivity index (χ1n) is 7.88. The van der Waals surface area contributed by atoms with Gasteiger partial charge < -0.3 is 15.5 Å². The summed E-state index contributed by atoms with van der Waals surface area (Å²) < 4.78 is 19.3. The lowest BCUT2D eigenvalue weighted by atomic mass is 10.00. The van der Waals surface area contributed by atoms with E-state index >= 15 is 0 Å². The number of halogens is 1. The predicted molar refractivity (Wildman–Crippen MR) is 92.2 cm³/mol. The molecule has 3 aromatic rings. The lowest BCUT2D eigenvalue weighted by Crippen LogP contribution is -1.99. The van der Waals surface area contributed by atoms with Gasteiger partial charge in [-0.1, -0.05) is 12.1 Å². The normalized spacial score (nSPS) is 11.1. The molecule has 0 unspecified atom stereocenters. The van der Waals surface area contributed by atoms with Crippen LogP contribution in [0.4, 0.5) is 4.39 Å². The van der Waals surface area contributed by atoms with Crippen LogP contribution in [0.3, 0.4) is 0 Å². The first-order chi connectivity index (χ1) is 11.2. The van der Waals surface area contributed by atoms with Gasteiger partial charge in [-0.2, -0.15) is 0 Å². The van der Waals surface area contributed by atoms with Gasteiger partial charge in [-0.15, -0.1) is 0 Å². The van der Waals surface area contributed by atoms with Gasteiger partial charge in [0.25, 0.3) is 0 Å². The highest BCUT2D eigenvalue weighted by molar-refractivity contribution is 5.91. The number of hydrogen-bond acceptors (Lipinski definition) is 2. The Balaban J connectivity index is 2.09. The maximum atomic E-state index is 14.1. The van der Waals surface area contributed by atoms with Crippen molar-refractivity contribution >= 4 is 10.9 Å². The fourth-order valence-corrected chi connectivity index (χ4v) is 2.95. The molecule has 0 saturated carbocycles. The van der Waals surface area contributed by atoms with Crippen LogP contribution in [0, 0.1) is 5.82 Å². The van der Waals surface area contributed by atoms with E-state index in [1.807, 2.05) is 30.3 Å². The van der Waals surface area contributed by atoms with Gasteiger partial charge in [0.05, 0.1) is 12.6 Å². The van der Waals surface area contributed by atoms with E-state index in [4.69, 9.17) is 10.5 Å². The van der Waals surface area contributed by atoms with Crippen LogP contribution in [0.5, 0.6) is 5.75 Å². The lowest BCUT2D eigenvalue weighted by molar-refractivity contribution is 0.415. The summed E-state index contributed by atoms with van der Waals surface area (Å²) in [6.07, 6.45) is 2.83. The van der Waals surface area contributed by atoms with Crippen molar-refractivity contribution in [2.24, 2.45) is 5.73 Å². The molecule has 23 heavy (non-hydrogen) atoms. The zero-order valence-corrected chi connectivity index (χ0v) is 13.2. The van der Waals surface area contributed by atoms with E-state index in [1.54, 1.807) is 13.2 Å². The van der Waals surface area contributed by atoms with Crippen molar-refractivity contribution < 1.29 is 9.13 Å². The van der Waals surface area contributed by atoms with E-state index in [1.165, 1.54) is 6.07 Å². The van der Waals surface area contributed by atoms with Crippen molar-refractivity contribution in [1.29, 1.82) is 0 Å². The van der Waals surface area contributed by atoms with Crippen molar-refractivity contribution in [3.05, 3.63) is 53.8 Å². The highest BCUT2D eigenvalue weighted by atomic mass is 19.1. The van der Waals surface area contributed by atoms with Crippen LogP contribution in [-0.4, -0.2) is 18.6 Å². The van der Waals surface area contributed by atoms with E-state index in [2.05, 4.69) is 4.98 Å². The Morgan fingerprint density at radius 3 is 2.57 bits per heavy atom. The van der Waals surface area contributed by atoms with Crippen LogP contribution in [0.25, 0.3) is 22.2 Å². The Morgan fingerprint density at radius 2 is 1.87 bits per heavy atom. The molecule has 4 heteroatoms. The Morgan fingerprint density at radius 1 is 1.09 bits per heavy atom. The number of rotatable bonds is 6. The Hall–Kier alpha value is -2.33. The van der Waals surface area contributed by atoms with Gasteiger partial charge in [0.1, 0.15) is 11.6 Å². The summed E-state index contributed by atoms with van der Waals surface area (Å²) in [5, 5.41) is 0.952. The fraction of sp³-hybridized carbons (Fsp3) is 0.263. The van der Waals surface area contributed by atoms with Crippen LogP contribution in [0.15, 0.2) is 42.5 Å². The van der Waals surface area contributed by atoms with E-state index in [-0.39, 0.29) is 5.82 Å². The molecule has 0 aliphatic heterocycles. The Bertz CT molecular complexity index is 793. The lowest BCUT2D eigenvalue weighted by Gasteiger charge is -2.06. The summed E-state index contributed by atoms with van der Waals surface area (Å²) in [5.74, 6) is 0.586. The fourth-order valence-electron chi connectivity index (χ4n) is 2.95. The van der Waals surface area contributed by atoms with Gasteiger partial charge in [-0.3, -0.25) is 0 Å². The minimum absolute atomic E-state index is 0.220. The summed E-state index contributed by atoms with van der Waals surface area (Å²) in [6, 6.07) is 13.0. The first kappa shape index (κ1) is 15.6. The molecule has 3 rings (SSSR count). The quantitative estimate of drug-likeness (QED) is 0.668. The molecule has 0 aliphatic rings. The number of benzene rings is 2. The second-order valence-corrected chi connectivity index (χ2v) is 5.62. The van der Waals surface area contributed by atoms with E-state index in [0.29, 0.717) is 12.1 Å². The molecule has 1 aromatic heterocycles. The van der Waals surface area contributed by atoms with E-state index in [0.717, 1.165) is 47.2 Å². The van der Waals surface area contributed by atoms with Crippen molar-refractivity contribution in [3.63, 3.8) is 0 Å². The maximum Gasteiger partial charge on any atom is 0.147 e. The smallest absolute Gasteiger partial charge is 0.147 e. The molecular weight excluding hydrogens is 291 g/mol. The summed E-state index contributed by atoms with van der Waals surface area (Å²) >= 11 is 0. The first-order valence-corrected chi connectivity index (χ1v) is 7.88. The van der Waals surface area contributed by atoms with Crippen molar-refractivity contribution in [1.82, 2.24) is 4.98 Å². The Kier molecular flexibility index (Phi) is 4.63. The van der Waals surface area contributed by atoms with Crippen molar-refractivity contribution in [2.75, 3.05) is 13.7 Å². The second kappa shape index (κ2) is 6.84. The molecule has 2 aromatic carbocycles. The molecule has 3 N–H and O–H groups in total. The van der Waals surface area contributed by atoms with Crippen LogP contribution < -0.4 is 10.5 Å².